The van der Waals surface area contributed by atoms with Gasteiger partial charge in [-0.25, -0.2) is 0 Å². The lowest BCUT2D eigenvalue weighted by Gasteiger charge is -2.35. The Morgan fingerprint density at radius 2 is 1.95 bits per heavy atom. The lowest BCUT2D eigenvalue weighted by Crippen LogP contribution is -2.54. The molecule has 3 N–H and O–H groups in total. The first-order valence-corrected chi connectivity index (χ1v) is 7.26. The van der Waals surface area contributed by atoms with Gasteiger partial charge < -0.3 is 15.3 Å². The number of piperazine rings is 1. The lowest BCUT2D eigenvalue weighted by molar-refractivity contribution is 0.403. The Bertz CT molecular complexity index is 629. The minimum Gasteiger partial charge on any atom is -0.508 e. The summed E-state index contributed by atoms with van der Waals surface area (Å²) in [6.07, 6.45) is 0. The van der Waals surface area contributed by atoms with Gasteiger partial charge in [0.15, 0.2) is 5.82 Å². The van der Waals surface area contributed by atoms with Crippen LogP contribution in [0.5, 0.6) is 5.75 Å². The second kappa shape index (κ2) is 5.37. The fourth-order valence-electron chi connectivity index (χ4n) is 2.92. The first-order valence-electron chi connectivity index (χ1n) is 7.26. The van der Waals surface area contributed by atoms with Crippen molar-refractivity contribution in [2.24, 2.45) is 0 Å². The van der Waals surface area contributed by atoms with Crippen LogP contribution >= 0.6 is 0 Å². The third-order valence-corrected chi connectivity index (χ3v) is 3.78. The number of phenols is 1. The van der Waals surface area contributed by atoms with E-state index in [0.717, 1.165) is 36.0 Å². The third kappa shape index (κ3) is 2.85. The molecule has 0 amide bonds. The van der Waals surface area contributed by atoms with E-state index in [1.165, 1.54) is 0 Å². The van der Waals surface area contributed by atoms with Crippen molar-refractivity contribution in [3.63, 3.8) is 0 Å². The zero-order chi connectivity index (χ0) is 15.0. The number of anilines is 1. The van der Waals surface area contributed by atoms with Crippen molar-refractivity contribution in [3.05, 3.63) is 23.8 Å². The van der Waals surface area contributed by atoms with Crippen LogP contribution in [0.2, 0.25) is 0 Å². The summed E-state index contributed by atoms with van der Waals surface area (Å²) < 4.78 is 0. The summed E-state index contributed by atoms with van der Waals surface area (Å²) in [7, 11) is 0. The van der Waals surface area contributed by atoms with Gasteiger partial charge in [-0.05, 0) is 44.5 Å². The van der Waals surface area contributed by atoms with E-state index in [9.17, 15) is 5.11 Å². The van der Waals surface area contributed by atoms with Gasteiger partial charge in [0.05, 0.1) is 0 Å². The van der Waals surface area contributed by atoms with Crippen LogP contribution in [0.15, 0.2) is 18.2 Å². The van der Waals surface area contributed by atoms with Crippen molar-refractivity contribution in [2.45, 2.75) is 32.9 Å². The molecule has 2 aromatic rings. The molecule has 0 bridgehead atoms. The number of H-pyrrole nitrogens is 1. The third-order valence-electron chi connectivity index (χ3n) is 3.78. The number of aryl methyl sites for hydroxylation is 1. The first kappa shape index (κ1) is 13.9. The van der Waals surface area contributed by atoms with Crippen LogP contribution in [0.1, 0.15) is 19.4 Å². The van der Waals surface area contributed by atoms with Gasteiger partial charge >= 0.3 is 0 Å². The van der Waals surface area contributed by atoms with Crippen LogP contribution < -0.4 is 10.2 Å². The monoisotopic (exact) mass is 287 g/mol. The number of hydrogen-bond acceptors (Lipinski definition) is 5. The standard InChI is InChI=1S/C15H21N5O/c1-9-6-12(21)4-5-13(9)14-17-15(19-18-14)20-7-10(2)16-11(3)8-20/h4-6,10-11,16,21H,7-8H2,1-3H3,(H,17,18,19). The van der Waals surface area contributed by atoms with Crippen LogP contribution in [-0.2, 0) is 0 Å². The Kier molecular flexibility index (Phi) is 3.55. The van der Waals surface area contributed by atoms with Gasteiger partial charge in [-0.2, -0.15) is 4.98 Å². The van der Waals surface area contributed by atoms with E-state index < -0.39 is 0 Å². The second-order valence-electron chi connectivity index (χ2n) is 5.86. The van der Waals surface area contributed by atoms with Crippen molar-refractivity contribution >= 4 is 5.95 Å². The molecule has 2 unspecified atom stereocenters. The topological polar surface area (TPSA) is 77.1 Å². The molecule has 1 saturated heterocycles. The molecule has 0 aliphatic carbocycles. The van der Waals surface area contributed by atoms with Crippen LogP contribution in [0, 0.1) is 6.92 Å². The number of hydrogen-bond donors (Lipinski definition) is 3. The zero-order valence-electron chi connectivity index (χ0n) is 12.6. The van der Waals surface area contributed by atoms with Crippen molar-refractivity contribution in [1.29, 1.82) is 0 Å². The average molecular weight is 287 g/mol. The number of aromatic hydroxyl groups is 1. The number of benzene rings is 1. The van der Waals surface area contributed by atoms with E-state index in [0.29, 0.717) is 12.1 Å². The molecule has 3 rings (SSSR count). The summed E-state index contributed by atoms with van der Waals surface area (Å²) in [5, 5.41) is 20.3. The molecule has 1 aromatic carbocycles. The minimum absolute atomic E-state index is 0.265. The van der Waals surface area contributed by atoms with Crippen molar-refractivity contribution in [2.75, 3.05) is 18.0 Å². The molecule has 0 spiro atoms. The number of rotatable bonds is 2. The highest BCUT2D eigenvalue weighted by Gasteiger charge is 2.24. The number of phenolic OH excluding ortho intramolecular Hbond substituents is 1. The molecule has 2 heterocycles. The zero-order valence-corrected chi connectivity index (χ0v) is 12.6. The van der Waals surface area contributed by atoms with E-state index in [4.69, 9.17) is 0 Å². The lowest BCUT2D eigenvalue weighted by atomic mass is 10.1. The summed E-state index contributed by atoms with van der Waals surface area (Å²) in [5.41, 5.74) is 1.93. The number of aromatic amines is 1. The summed E-state index contributed by atoms with van der Waals surface area (Å²) in [4.78, 5) is 6.81. The predicted octanol–water partition coefficient (Wildman–Crippen LogP) is 1.67. The predicted molar refractivity (Wildman–Crippen MR) is 82.5 cm³/mol. The molecule has 6 nitrogen and oxygen atoms in total. The molecule has 0 radical (unpaired) electrons. The summed E-state index contributed by atoms with van der Waals surface area (Å²) in [6, 6.07) is 6.10. The minimum atomic E-state index is 0.265. The molecular formula is C15H21N5O. The van der Waals surface area contributed by atoms with Crippen molar-refractivity contribution in [3.8, 4) is 17.1 Å². The van der Waals surface area contributed by atoms with Crippen molar-refractivity contribution in [1.82, 2.24) is 20.5 Å². The van der Waals surface area contributed by atoms with Gasteiger partial charge in [0.1, 0.15) is 5.75 Å². The summed E-state index contributed by atoms with van der Waals surface area (Å²) in [5.74, 6) is 1.74. The van der Waals surface area contributed by atoms with Gasteiger partial charge in [-0.15, -0.1) is 5.10 Å². The van der Waals surface area contributed by atoms with Gasteiger partial charge in [-0.3, -0.25) is 5.10 Å². The van der Waals surface area contributed by atoms with Gasteiger partial charge in [0.25, 0.3) is 0 Å². The highest BCUT2D eigenvalue weighted by atomic mass is 16.3. The molecule has 0 saturated carbocycles. The fourth-order valence-corrected chi connectivity index (χ4v) is 2.92. The van der Waals surface area contributed by atoms with E-state index in [1.54, 1.807) is 12.1 Å². The van der Waals surface area contributed by atoms with E-state index in [2.05, 4.69) is 39.2 Å². The fraction of sp³-hybridized carbons (Fsp3) is 0.467. The van der Waals surface area contributed by atoms with Gasteiger partial charge in [0, 0.05) is 30.7 Å². The summed E-state index contributed by atoms with van der Waals surface area (Å²) >= 11 is 0. The number of nitrogens with zero attached hydrogens (tertiary/aromatic N) is 3. The highest BCUT2D eigenvalue weighted by molar-refractivity contribution is 5.62. The Morgan fingerprint density at radius 1 is 1.24 bits per heavy atom. The smallest absolute Gasteiger partial charge is 0.245 e. The average Bonchev–Trinajstić information content (AvgIpc) is 2.87. The molecule has 1 aromatic heterocycles. The normalized spacial score (nSPS) is 22.5. The van der Waals surface area contributed by atoms with E-state index in [-0.39, 0.29) is 5.75 Å². The van der Waals surface area contributed by atoms with Crippen molar-refractivity contribution < 1.29 is 5.11 Å². The maximum Gasteiger partial charge on any atom is 0.245 e. The van der Waals surface area contributed by atoms with Crippen LogP contribution in [0.25, 0.3) is 11.4 Å². The van der Waals surface area contributed by atoms with E-state index in [1.807, 2.05) is 13.0 Å². The molecule has 1 fully saturated rings. The Hall–Kier alpha value is -2.08. The Morgan fingerprint density at radius 3 is 2.62 bits per heavy atom. The number of nitrogens with one attached hydrogen (secondary N) is 2. The molecule has 1 aliphatic heterocycles. The molecule has 112 valence electrons. The van der Waals surface area contributed by atoms with Gasteiger partial charge in [-0.1, -0.05) is 0 Å². The maximum atomic E-state index is 9.49. The Balaban J connectivity index is 1.86. The highest BCUT2D eigenvalue weighted by Crippen LogP contribution is 2.25. The van der Waals surface area contributed by atoms with Crippen LogP contribution in [0.4, 0.5) is 5.95 Å². The first-order chi connectivity index (χ1) is 10.0. The second-order valence-corrected chi connectivity index (χ2v) is 5.86. The molecule has 6 heteroatoms. The molecule has 21 heavy (non-hydrogen) atoms. The number of aromatic nitrogens is 3. The maximum absolute atomic E-state index is 9.49. The quantitative estimate of drug-likeness (QED) is 0.783. The van der Waals surface area contributed by atoms with Gasteiger partial charge in [0.2, 0.25) is 5.95 Å². The Labute approximate surface area is 124 Å². The molecule has 2 atom stereocenters. The van der Waals surface area contributed by atoms with E-state index >= 15 is 0 Å². The summed E-state index contributed by atoms with van der Waals surface area (Å²) in [6.45, 7) is 8.08. The SMILES string of the molecule is Cc1cc(O)ccc1-c1nc(N2CC(C)NC(C)C2)n[nH]1. The largest absolute Gasteiger partial charge is 0.508 e. The van der Waals surface area contributed by atoms with Crippen LogP contribution in [0.3, 0.4) is 0 Å². The molecule has 1 aliphatic rings. The molecular weight excluding hydrogens is 266 g/mol. The van der Waals surface area contributed by atoms with Crippen LogP contribution in [-0.4, -0.2) is 45.5 Å².